The fourth-order valence-electron chi connectivity index (χ4n) is 1.40. The van der Waals surface area contributed by atoms with Crippen LogP contribution < -0.4 is 0 Å². The zero-order valence-corrected chi connectivity index (χ0v) is 8.82. The molecule has 1 atom stereocenters. The third kappa shape index (κ3) is 3.23. The predicted octanol–water partition coefficient (Wildman–Crippen LogP) is 1.73. The predicted molar refractivity (Wildman–Crippen MR) is 53.7 cm³/mol. The van der Waals surface area contributed by atoms with Crippen molar-refractivity contribution in [2.75, 3.05) is 0 Å². The zero-order chi connectivity index (χ0) is 11.4. The summed E-state index contributed by atoms with van der Waals surface area (Å²) in [5, 5.41) is 8.56. The van der Waals surface area contributed by atoms with Crippen LogP contribution in [0.1, 0.15) is 23.5 Å². The Bertz CT molecular complexity index is 345. The Hall–Kier alpha value is -1.58. The van der Waals surface area contributed by atoms with Crippen LogP contribution in [0.4, 0.5) is 0 Å². The third-order valence-corrected chi connectivity index (χ3v) is 2.31. The maximum Gasteiger partial charge on any atom is 0.304 e. The van der Waals surface area contributed by atoms with Gasteiger partial charge in [-0.15, -0.1) is 0 Å². The molecule has 4 heteroatoms. The number of carboxylic acids is 1. The molecule has 1 rings (SSSR count). The van der Waals surface area contributed by atoms with E-state index in [9.17, 15) is 9.59 Å². The number of aryl methyl sites for hydroxylation is 2. The summed E-state index contributed by atoms with van der Waals surface area (Å²) in [4.78, 5) is 21.1. The molecule has 0 bridgehead atoms. The van der Waals surface area contributed by atoms with Crippen LogP contribution in [0, 0.1) is 19.8 Å². The summed E-state index contributed by atoms with van der Waals surface area (Å²) in [6, 6.07) is 1.84. The fourth-order valence-corrected chi connectivity index (χ4v) is 1.40. The first-order chi connectivity index (χ1) is 7.02. The van der Waals surface area contributed by atoms with Crippen LogP contribution in [0.25, 0.3) is 0 Å². The highest BCUT2D eigenvalue weighted by molar-refractivity contribution is 5.71. The molecule has 1 N–H and O–H groups in total. The number of aldehydes is 1. The first-order valence-electron chi connectivity index (χ1n) is 4.76. The monoisotopic (exact) mass is 210 g/mol. The van der Waals surface area contributed by atoms with Gasteiger partial charge in [0.25, 0.3) is 0 Å². The summed E-state index contributed by atoms with van der Waals surface area (Å²) in [7, 11) is 0. The highest BCUT2D eigenvalue weighted by atomic mass is 16.4. The molecule has 1 unspecified atom stereocenters. The lowest BCUT2D eigenvalue weighted by Gasteiger charge is -2.03. The van der Waals surface area contributed by atoms with Gasteiger partial charge in [0, 0.05) is 12.3 Å². The molecule has 0 aliphatic carbocycles. The summed E-state index contributed by atoms with van der Waals surface area (Å²) in [6.07, 6.45) is 0.869. The Balaban J connectivity index is 2.66. The van der Waals surface area contributed by atoms with Gasteiger partial charge >= 0.3 is 5.97 Å². The number of rotatable bonds is 5. The van der Waals surface area contributed by atoms with Gasteiger partial charge in [0.1, 0.15) is 17.8 Å². The van der Waals surface area contributed by atoms with E-state index < -0.39 is 11.9 Å². The van der Waals surface area contributed by atoms with Gasteiger partial charge in [-0.05, 0) is 25.5 Å². The van der Waals surface area contributed by atoms with Crippen molar-refractivity contribution in [1.82, 2.24) is 0 Å². The van der Waals surface area contributed by atoms with Crippen LogP contribution >= 0.6 is 0 Å². The van der Waals surface area contributed by atoms with Gasteiger partial charge in [0.05, 0.1) is 6.42 Å². The lowest BCUT2D eigenvalue weighted by molar-refractivity contribution is -0.139. The van der Waals surface area contributed by atoms with Crippen LogP contribution in [0.5, 0.6) is 0 Å². The van der Waals surface area contributed by atoms with E-state index in [1.165, 1.54) is 0 Å². The van der Waals surface area contributed by atoms with Crippen molar-refractivity contribution in [1.29, 1.82) is 0 Å². The average molecular weight is 210 g/mol. The Morgan fingerprint density at radius 2 is 2.27 bits per heavy atom. The van der Waals surface area contributed by atoms with Crippen LogP contribution in [-0.4, -0.2) is 17.4 Å². The van der Waals surface area contributed by atoms with Gasteiger partial charge < -0.3 is 14.3 Å². The van der Waals surface area contributed by atoms with E-state index in [-0.39, 0.29) is 6.42 Å². The average Bonchev–Trinajstić information content (AvgIpc) is 2.44. The smallest absolute Gasteiger partial charge is 0.304 e. The van der Waals surface area contributed by atoms with Crippen molar-refractivity contribution in [3.63, 3.8) is 0 Å². The van der Waals surface area contributed by atoms with Gasteiger partial charge in [0.15, 0.2) is 0 Å². The van der Waals surface area contributed by atoms with Crippen molar-refractivity contribution in [3.05, 3.63) is 23.2 Å². The van der Waals surface area contributed by atoms with E-state index in [1.807, 2.05) is 19.9 Å². The third-order valence-electron chi connectivity index (χ3n) is 2.31. The Morgan fingerprint density at radius 1 is 1.60 bits per heavy atom. The maximum atomic E-state index is 10.6. The van der Waals surface area contributed by atoms with Crippen molar-refractivity contribution in [2.45, 2.75) is 26.7 Å². The molecule has 0 radical (unpaired) electrons. The van der Waals surface area contributed by atoms with Gasteiger partial charge in [-0.2, -0.15) is 0 Å². The first-order valence-corrected chi connectivity index (χ1v) is 4.76. The lowest BCUT2D eigenvalue weighted by Crippen LogP contribution is -2.11. The molecule has 0 aliphatic rings. The van der Waals surface area contributed by atoms with Gasteiger partial charge in [-0.1, -0.05) is 0 Å². The zero-order valence-electron chi connectivity index (χ0n) is 8.82. The first kappa shape index (κ1) is 11.5. The van der Waals surface area contributed by atoms with Crippen LogP contribution in [-0.2, 0) is 16.0 Å². The number of furan rings is 1. The molecule has 0 spiro atoms. The van der Waals surface area contributed by atoms with Crippen LogP contribution in [0.15, 0.2) is 10.5 Å². The van der Waals surface area contributed by atoms with Gasteiger partial charge in [-0.25, -0.2) is 0 Å². The van der Waals surface area contributed by atoms with E-state index in [2.05, 4.69) is 0 Å². The van der Waals surface area contributed by atoms with E-state index in [1.54, 1.807) is 0 Å². The second kappa shape index (κ2) is 4.77. The molecule has 1 aromatic heterocycles. The molecule has 0 aromatic carbocycles. The van der Waals surface area contributed by atoms with Gasteiger partial charge in [-0.3, -0.25) is 4.79 Å². The van der Waals surface area contributed by atoms with E-state index in [4.69, 9.17) is 9.52 Å². The Kier molecular flexibility index (Phi) is 3.66. The molecule has 15 heavy (non-hydrogen) atoms. The van der Waals surface area contributed by atoms with Crippen molar-refractivity contribution >= 4 is 12.3 Å². The molecule has 4 nitrogen and oxygen atoms in total. The molecule has 1 aromatic rings. The summed E-state index contributed by atoms with van der Waals surface area (Å²) in [5.41, 5.74) is 1.02. The highest BCUT2D eigenvalue weighted by Crippen LogP contribution is 2.17. The largest absolute Gasteiger partial charge is 0.481 e. The van der Waals surface area contributed by atoms with E-state index >= 15 is 0 Å². The molecular weight excluding hydrogens is 196 g/mol. The van der Waals surface area contributed by atoms with Crippen molar-refractivity contribution < 1.29 is 19.1 Å². The number of carboxylic acid groups (broad SMARTS) is 1. The van der Waals surface area contributed by atoms with E-state index in [0.717, 1.165) is 11.3 Å². The molecule has 1 heterocycles. The SMILES string of the molecule is Cc1cc(CC(C=O)CC(=O)O)oc1C. The summed E-state index contributed by atoms with van der Waals surface area (Å²) >= 11 is 0. The normalized spacial score (nSPS) is 12.4. The highest BCUT2D eigenvalue weighted by Gasteiger charge is 2.15. The van der Waals surface area contributed by atoms with E-state index in [0.29, 0.717) is 18.5 Å². The van der Waals surface area contributed by atoms with Crippen molar-refractivity contribution in [3.8, 4) is 0 Å². The molecular formula is C11H14O4. The molecule has 0 saturated heterocycles. The second-order valence-electron chi connectivity index (χ2n) is 3.65. The second-order valence-corrected chi connectivity index (χ2v) is 3.65. The summed E-state index contributed by atoms with van der Waals surface area (Å²) < 4.78 is 5.38. The minimum absolute atomic E-state index is 0.151. The summed E-state index contributed by atoms with van der Waals surface area (Å²) in [5.74, 6) is 0.00729. The molecule has 0 saturated carbocycles. The summed E-state index contributed by atoms with van der Waals surface area (Å²) in [6.45, 7) is 3.75. The Labute approximate surface area is 87.9 Å². The number of carbonyl (C=O) groups excluding carboxylic acids is 1. The Morgan fingerprint density at radius 3 is 2.67 bits per heavy atom. The topological polar surface area (TPSA) is 67.5 Å². The minimum Gasteiger partial charge on any atom is -0.481 e. The lowest BCUT2D eigenvalue weighted by atomic mass is 10.0. The minimum atomic E-state index is -0.966. The van der Waals surface area contributed by atoms with Crippen LogP contribution in [0.2, 0.25) is 0 Å². The van der Waals surface area contributed by atoms with Gasteiger partial charge in [0.2, 0.25) is 0 Å². The standard InChI is InChI=1S/C11H14O4/c1-7-3-10(15-8(7)2)4-9(6-12)5-11(13)14/h3,6,9H,4-5H2,1-2H3,(H,13,14). The molecule has 0 aliphatic heterocycles. The number of carbonyl (C=O) groups is 2. The quantitative estimate of drug-likeness (QED) is 0.751. The molecule has 82 valence electrons. The number of hydrogen-bond donors (Lipinski definition) is 1. The molecule has 0 amide bonds. The number of aliphatic carboxylic acids is 1. The van der Waals surface area contributed by atoms with Crippen molar-refractivity contribution in [2.24, 2.45) is 5.92 Å². The fraction of sp³-hybridized carbons (Fsp3) is 0.455. The maximum absolute atomic E-state index is 10.6. The molecule has 0 fully saturated rings. The number of hydrogen-bond acceptors (Lipinski definition) is 3. The van der Waals surface area contributed by atoms with Crippen LogP contribution in [0.3, 0.4) is 0 Å².